The second-order valence-corrected chi connectivity index (χ2v) is 11.2. The van der Waals surface area contributed by atoms with Gasteiger partial charge in [0.25, 0.3) is 5.60 Å². The van der Waals surface area contributed by atoms with Crippen molar-refractivity contribution in [3.63, 3.8) is 0 Å². The van der Waals surface area contributed by atoms with Gasteiger partial charge in [0.1, 0.15) is 6.61 Å². The van der Waals surface area contributed by atoms with E-state index in [2.05, 4.69) is 14.8 Å². The Labute approximate surface area is 257 Å². The van der Waals surface area contributed by atoms with E-state index in [1.807, 2.05) is 31.2 Å². The summed E-state index contributed by atoms with van der Waals surface area (Å²) in [4.78, 5) is 20.9. The standard InChI is InChI=1S/C32H36F6N4O3/c1-22-18-24(2-8-28(22)25-3-5-26(6-4-25)30(44,31(33,34)35)32(36,37)38)20-42-16-15-41(19-23-10-13-40-14-11-23)21-27(42)7-9-29(43)45-17-12-39/h2-6,8,10-11,13-14,18,27,44H,7,9,12,15-17,19-21,39H2,1H3/t27-/m0/s1. The zero-order valence-corrected chi connectivity index (χ0v) is 24.7. The summed E-state index contributed by atoms with van der Waals surface area (Å²) < 4.78 is 84.9. The Balaban J connectivity index is 1.49. The van der Waals surface area contributed by atoms with Crippen molar-refractivity contribution in [2.75, 3.05) is 32.8 Å². The third-order valence-corrected chi connectivity index (χ3v) is 8.02. The third kappa shape index (κ3) is 8.20. The number of aromatic nitrogens is 1. The molecule has 244 valence electrons. The maximum atomic E-state index is 13.3. The van der Waals surface area contributed by atoms with Gasteiger partial charge in [0, 0.05) is 69.7 Å². The van der Waals surface area contributed by atoms with Crippen LogP contribution >= 0.6 is 0 Å². The molecule has 0 aliphatic carbocycles. The first kappa shape index (κ1) is 34.4. The highest BCUT2D eigenvalue weighted by Gasteiger charge is 2.71. The van der Waals surface area contributed by atoms with Crippen molar-refractivity contribution >= 4 is 5.97 Å². The number of halogens is 6. The van der Waals surface area contributed by atoms with Crippen molar-refractivity contribution in [2.45, 2.75) is 56.9 Å². The highest BCUT2D eigenvalue weighted by atomic mass is 19.4. The maximum absolute atomic E-state index is 13.3. The van der Waals surface area contributed by atoms with Gasteiger partial charge in [-0.15, -0.1) is 0 Å². The molecule has 1 fully saturated rings. The third-order valence-electron chi connectivity index (χ3n) is 8.02. The van der Waals surface area contributed by atoms with Crippen molar-refractivity contribution in [3.05, 3.63) is 89.2 Å². The molecule has 0 spiro atoms. The van der Waals surface area contributed by atoms with Gasteiger partial charge >= 0.3 is 18.3 Å². The molecule has 7 nitrogen and oxygen atoms in total. The van der Waals surface area contributed by atoms with Crippen molar-refractivity contribution < 1.29 is 41.0 Å². The Hall–Kier alpha value is -3.52. The first-order valence-corrected chi connectivity index (χ1v) is 14.5. The lowest BCUT2D eigenvalue weighted by Crippen LogP contribution is -2.53. The van der Waals surface area contributed by atoms with E-state index < -0.39 is 23.5 Å². The van der Waals surface area contributed by atoms with Crippen LogP contribution in [0.5, 0.6) is 0 Å². The van der Waals surface area contributed by atoms with Gasteiger partial charge in [0.15, 0.2) is 0 Å². The fourth-order valence-electron chi connectivity index (χ4n) is 5.62. The van der Waals surface area contributed by atoms with Crippen LogP contribution in [0.15, 0.2) is 67.0 Å². The summed E-state index contributed by atoms with van der Waals surface area (Å²) in [5, 5.41) is 9.69. The Bertz CT molecular complexity index is 1400. The number of alkyl halides is 6. The highest BCUT2D eigenvalue weighted by Crippen LogP contribution is 2.50. The van der Waals surface area contributed by atoms with Gasteiger partial charge in [0.2, 0.25) is 0 Å². The second-order valence-electron chi connectivity index (χ2n) is 11.2. The van der Waals surface area contributed by atoms with Crippen LogP contribution in [0.25, 0.3) is 11.1 Å². The summed E-state index contributed by atoms with van der Waals surface area (Å²) in [5.74, 6) is -0.304. The van der Waals surface area contributed by atoms with Gasteiger partial charge in [-0.3, -0.25) is 19.6 Å². The number of esters is 1. The molecule has 2 aromatic carbocycles. The van der Waals surface area contributed by atoms with E-state index in [1.54, 1.807) is 18.5 Å². The molecule has 0 amide bonds. The molecule has 3 aromatic rings. The Morgan fingerprint density at radius 2 is 1.62 bits per heavy atom. The smallest absolute Gasteiger partial charge is 0.430 e. The number of aryl methyl sites for hydroxylation is 1. The lowest BCUT2D eigenvalue weighted by atomic mass is 9.90. The minimum absolute atomic E-state index is 0.0551. The van der Waals surface area contributed by atoms with Crippen LogP contribution in [-0.4, -0.2) is 77.0 Å². The van der Waals surface area contributed by atoms with Gasteiger partial charge in [-0.2, -0.15) is 26.3 Å². The van der Waals surface area contributed by atoms with Crippen LogP contribution < -0.4 is 5.73 Å². The lowest BCUT2D eigenvalue weighted by molar-refractivity contribution is -0.376. The van der Waals surface area contributed by atoms with Gasteiger partial charge in [-0.05, 0) is 53.3 Å². The largest absolute Gasteiger partial charge is 0.464 e. The molecular formula is C32H36F6N4O3. The normalized spacial score (nSPS) is 17.0. The number of aliphatic hydroxyl groups is 1. The minimum atomic E-state index is -5.95. The number of carbonyl (C=O) groups excluding carboxylic acids is 1. The molecule has 2 heterocycles. The number of hydrogen-bond donors (Lipinski definition) is 2. The van der Waals surface area contributed by atoms with Crippen molar-refractivity contribution in [3.8, 4) is 11.1 Å². The topological polar surface area (TPSA) is 91.9 Å². The summed E-state index contributed by atoms with van der Waals surface area (Å²) in [6, 6.07) is 13.2. The molecular weight excluding hydrogens is 602 g/mol. The zero-order chi connectivity index (χ0) is 32.8. The summed E-state index contributed by atoms with van der Waals surface area (Å²) in [6.45, 7) is 5.85. The van der Waals surface area contributed by atoms with Gasteiger partial charge in [0.05, 0.1) is 0 Å². The molecule has 0 saturated carbocycles. The zero-order valence-electron chi connectivity index (χ0n) is 24.7. The predicted octanol–water partition coefficient (Wildman–Crippen LogP) is 5.34. The average Bonchev–Trinajstić information content (AvgIpc) is 2.99. The first-order chi connectivity index (χ1) is 21.2. The van der Waals surface area contributed by atoms with Crippen LogP contribution in [0.2, 0.25) is 0 Å². The van der Waals surface area contributed by atoms with E-state index in [-0.39, 0.29) is 31.6 Å². The monoisotopic (exact) mass is 638 g/mol. The minimum Gasteiger partial charge on any atom is -0.464 e. The van der Waals surface area contributed by atoms with Crippen molar-refractivity contribution in [1.29, 1.82) is 0 Å². The fraction of sp³-hybridized carbons (Fsp3) is 0.438. The molecule has 45 heavy (non-hydrogen) atoms. The maximum Gasteiger partial charge on any atom is 0.430 e. The number of piperazine rings is 1. The fourth-order valence-corrected chi connectivity index (χ4v) is 5.62. The van der Waals surface area contributed by atoms with Crippen LogP contribution in [-0.2, 0) is 28.2 Å². The van der Waals surface area contributed by atoms with E-state index in [0.717, 1.165) is 55.0 Å². The van der Waals surface area contributed by atoms with Gasteiger partial charge < -0.3 is 15.6 Å². The van der Waals surface area contributed by atoms with Gasteiger partial charge in [-0.1, -0.05) is 42.5 Å². The Kier molecular flexibility index (Phi) is 10.9. The summed E-state index contributed by atoms with van der Waals surface area (Å²) in [6.07, 6.45) is -7.56. The quantitative estimate of drug-likeness (QED) is 0.217. The molecule has 4 rings (SSSR count). The number of rotatable bonds is 11. The van der Waals surface area contributed by atoms with Crippen molar-refractivity contribution in [1.82, 2.24) is 14.8 Å². The Morgan fingerprint density at radius 1 is 0.956 bits per heavy atom. The van der Waals surface area contributed by atoms with E-state index in [9.17, 15) is 36.2 Å². The number of hydrogen-bond acceptors (Lipinski definition) is 7. The van der Waals surface area contributed by atoms with E-state index in [4.69, 9.17) is 10.5 Å². The molecule has 1 aromatic heterocycles. The number of nitrogens with zero attached hydrogens (tertiary/aromatic N) is 3. The number of pyridine rings is 1. The molecule has 0 bridgehead atoms. The van der Waals surface area contributed by atoms with E-state index in [0.29, 0.717) is 36.2 Å². The van der Waals surface area contributed by atoms with E-state index >= 15 is 0 Å². The molecule has 1 atom stereocenters. The molecule has 1 aliphatic heterocycles. The number of carbonyl (C=O) groups is 1. The predicted molar refractivity (Wildman–Crippen MR) is 156 cm³/mol. The SMILES string of the molecule is Cc1cc(CN2CCN(Cc3ccncc3)C[C@@H]2CCC(=O)OCCN)ccc1-c1ccc(C(O)(C(F)(F)F)C(F)(F)F)cc1. The van der Waals surface area contributed by atoms with Crippen LogP contribution in [0.4, 0.5) is 26.3 Å². The molecule has 1 aliphatic rings. The second kappa shape index (κ2) is 14.3. The first-order valence-electron chi connectivity index (χ1n) is 14.5. The molecule has 13 heteroatoms. The molecule has 3 N–H and O–H groups in total. The Morgan fingerprint density at radius 3 is 2.22 bits per heavy atom. The van der Waals surface area contributed by atoms with Crippen LogP contribution in [0, 0.1) is 6.92 Å². The van der Waals surface area contributed by atoms with Crippen LogP contribution in [0.1, 0.15) is 35.1 Å². The van der Waals surface area contributed by atoms with Gasteiger partial charge in [-0.25, -0.2) is 0 Å². The highest BCUT2D eigenvalue weighted by molar-refractivity contribution is 5.69. The number of benzene rings is 2. The van der Waals surface area contributed by atoms with Crippen molar-refractivity contribution in [2.24, 2.45) is 5.73 Å². The molecule has 0 radical (unpaired) electrons. The number of nitrogens with two attached hydrogens (primary N) is 1. The molecule has 1 saturated heterocycles. The summed E-state index contributed by atoms with van der Waals surface area (Å²) in [7, 11) is 0. The summed E-state index contributed by atoms with van der Waals surface area (Å²) in [5.41, 5.74) is 3.09. The average molecular weight is 639 g/mol. The number of ether oxygens (including phenoxy) is 1. The summed E-state index contributed by atoms with van der Waals surface area (Å²) >= 11 is 0. The molecule has 0 unspecified atom stereocenters. The lowest BCUT2D eigenvalue weighted by Gasteiger charge is -2.41. The van der Waals surface area contributed by atoms with E-state index in [1.165, 1.54) is 0 Å². The van der Waals surface area contributed by atoms with Crippen LogP contribution in [0.3, 0.4) is 0 Å².